The number of nitrogens with zero attached hydrogens (tertiary/aromatic N) is 6. The molecule has 1 saturated heterocycles. The van der Waals surface area contributed by atoms with Crippen LogP contribution in [0.15, 0.2) is 59.7 Å². The Morgan fingerprint density at radius 1 is 0.917 bits per heavy atom. The molecule has 0 saturated carbocycles. The van der Waals surface area contributed by atoms with Crippen LogP contribution in [-0.4, -0.2) is 51.8 Å². The van der Waals surface area contributed by atoms with Gasteiger partial charge < -0.3 is 15.0 Å². The van der Waals surface area contributed by atoms with Gasteiger partial charge in [0, 0.05) is 61.2 Å². The van der Waals surface area contributed by atoms with Gasteiger partial charge in [0.15, 0.2) is 0 Å². The average molecular weight is 480 g/mol. The van der Waals surface area contributed by atoms with Crippen LogP contribution in [0.2, 0.25) is 0 Å². The molecule has 0 aliphatic carbocycles. The minimum absolute atomic E-state index is 0.678. The van der Waals surface area contributed by atoms with Gasteiger partial charge in [-0.25, -0.2) is 4.98 Å². The lowest BCUT2D eigenvalue weighted by Gasteiger charge is -2.27. The predicted octanol–water partition coefficient (Wildman–Crippen LogP) is 5.12. The van der Waals surface area contributed by atoms with Gasteiger partial charge >= 0.3 is 0 Å². The van der Waals surface area contributed by atoms with E-state index in [1.54, 1.807) is 0 Å². The predicted molar refractivity (Wildman–Crippen MR) is 145 cm³/mol. The summed E-state index contributed by atoms with van der Waals surface area (Å²) in [4.78, 5) is 16.4. The first-order valence-corrected chi connectivity index (χ1v) is 12.3. The molecule has 0 unspecified atom stereocenters. The first-order chi connectivity index (χ1) is 17.5. The lowest BCUT2D eigenvalue weighted by Crippen LogP contribution is -2.37. The second kappa shape index (κ2) is 9.20. The molecule has 2 aromatic heterocycles. The number of aliphatic imine (C=N–C) groups is 1. The van der Waals surface area contributed by atoms with Crippen molar-refractivity contribution >= 4 is 39.6 Å². The largest absolute Gasteiger partial charge is 0.378 e. The second-order valence-corrected chi connectivity index (χ2v) is 9.38. The fourth-order valence-electron chi connectivity index (χ4n) is 4.80. The van der Waals surface area contributed by atoms with E-state index >= 15 is 0 Å². The van der Waals surface area contributed by atoms with E-state index in [-0.39, 0.29) is 0 Å². The number of anilines is 3. The zero-order valence-electron chi connectivity index (χ0n) is 20.8. The number of morpholine rings is 1. The summed E-state index contributed by atoms with van der Waals surface area (Å²) < 4.78 is 7.47. The maximum absolute atomic E-state index is 5.55. The number of benzene rings is 2. The Kier molecular flexibility index (Phi) is 5.73. The Morgan fingerprint density at radius 2 is 1.69 bits per heavy atom. The Hall–Kier alpha value is -4.04. The molecule has 8 heteroatoms. The molecule has 0 bridgehead atoms. The van der Waals surface area contributed by atoms with Crippen LogP contribution in [0.25, 0.3) is 27.7 Å². The summed E-state index contributed by atoms with van der Waals surface area (Å²) in [6.07, 6.45) is 2.87. The third-order valence-corrected chi connectivity index (χ3v) is 6.76. The molecule has 2 aliphatic rings. The van der Waals surface area contributed by atoms with Gasteiger partial charge in [0.2, 0.25) is 5.95 Å². The first-order valence-electron chi connectivity index (χ1n) is 12.3. The molecule has 4 aromatic rings. The average Bonchev–Trinajstić information content (AvgIpc) is 3.47. The van der Waals surface area contributed by atoms with E-state index < -0.39 is 0 Å². The molecule has 2 aromatic carbocycles. The molecular formula is C28H29N7O. The van der Waals surface area contributed by atoms with Gasteiger partial charge in [0.05, 0.1) is 30.1 Å². The van der Waals surface area contributed by atoms with Crippen LogP contribution in [0.5, 0.6) is 0 Å². The molecular weight excluding hydrogens is 450 g/mol. The number of hydrogen-bond acceptors (Lipinski definition) is 7. The summed E-state index contributed by atoms with van der Waals surface area (Å²) in [7, 11) is 1.98. The van der Waals surface area contributed by atoms with Crippen LogP contribution in [0, 0.1) is 6.92 Å². The Labute approximate surface area is 210 Å². The number of hydrogen-bond donors (Lipinski definition) is 1. The van der Waals surface area contributed by atoms with Crippen LogP contribution in [0.3, 0.4) is 0 Å². The van der Waals surface area contributed by atoms with Gasteiger partial charge in [-0.3, -0.25) is 9.67 Å². The van der Waals surface area contributed by atoms with Crippen molar-refractivity contribution in [2.24, 2.45) is 12.0 Å². The third-order valence-electron chi connectivity index (χ3n) is 6.76. The van der Waals surface area contributed by atoms with Crippen molar-refractivity contribution in [3.8, 4) is 11.3 Å². The zero-order valence-corrected chi connectivity index (χ0v) is 20.8. The standard InChI is InChI=1S/C28H29N7O/c1-18-14-22(17-29-18)20-4-7-23(8-5-20)30-27-16-25(31-28(32-27)35-10-12-36-13-11-35)21-6-9-24-19(2)33-34(3)26(24)15-21/h4-9,15-17H,10-14H2,1-3H3,(H,30,31,32). The Bertz CT molecular complexity index is 1490. The van der Waals surface area contributed by atoms with Gasteiger partial charge in [0.25, 0.3) is 0 Å². The van der Waals surface area contributed by atoms with E-state index in [0.29, 0.717) is 19.2 Å². The summed E-state index contributed by atoms with van der Waals surface area (Å²) in [5, 5.41) is 9.22. The van der Waals surface area contributed by atoms with Crippen molar-refractivity contribution in [2.75, 3.05) is 36.5 Å². The SMILES string of the molecule is CC1=NC=C(c2ccc(Nc3cc(-c4ccc5c(C)nn(C)c5c4)nc(N4CCOCC4)n3)cc2)C1. The molecule has 1 fully saturated rings. The van der Waals surface area contributed by atoms with Crippen LogP contribution < -0.4 is 10.2 Å². The van der Waals surface area contributed by atoms with E-state index in [4.69, 9.17) is 14.7 Å². The van der Waals surface area contributed by atoms with Gasteiger partial charge in [0.1, 0.15) is 5.82 Å². The van der Waals surface area contributed by atoms with Crippen molar-refractivity contribution in [1.82, 2.24) is 19.7 Å². The van der Waals surface area contributed by atoms with Crippen LogP contribution in [0.1, 0.15) is 24.6 Å². The van der Waals surface area contributed by atoms with Gasteiger partial charge in [-0.05, 0) is 43.2 Å². The lowest BCUT2D eigenvalue weighted by molar-refractivity contribution is 0.122. The molecule has 8 nitrogen and oxygen atoms in total. The maximum atomic E-state index is 5.55. The molecule has 0 amide bonds. The summed E-state index contributed by atoms with van der Waals surface area (Å²) in [6, 6.07) is 16.8. The van der Waals surface area contributed by atoms with Crippen molar-refractivity contribution in [3.63, 3.8) is 0 Å². The minimum Gasteiger partial charge on any atom is -0.378 e. The third kappa shape index (κ3) is 4.35. The van der Waals surface area contributed by atoms with Gasteiger partial charge in [-0.15, -0.1) is 0 Å². The van der Waals surface area contributed by atoms with E-state index in [0.717, 1.165) is 64.6 Å². The van der Waals surface area contributed by atoms with Crippen molar-refractivity contribution < 1.29 is 4.74 Å². The van der Waals surface area contributed by atoms with Crippen LogP contribution in [-0.2, 0) is 11.8 Å². The fraction of sp³-hybridized carbons (Fsp3) is 0.286. The summed E-state index contributed by atoms with van der Waals surface area (Å²) in [5.41, 5.74) is 8.58. The lowest BCUT2D eigenvalue weighted by atomic mass is 10.0. The summed E-state index contributed by atoms with van der Waals surface area (Å²) in [5.74, 6) is 1.47. The second-order valence-electron chi connectivity index (χ2n) is 9.38. The summed E-state index contributed by atoms with van der Waals surface area (Å²) in [6.45, 7) is 7.00. The van der Waals surface area contributed by atoms with Crippen molar-refractivity contribution in [1.29, 1.82) is 0 Å². The number of aryl methyl sites for hydroxylation is 2. The van der Waals surface area contributed by atoms with E-state index in [9.17, 15) is 0 Å². The highest BCUT2D eigenvalue weighted by Gasteiger charge is 2.17. The van der Waals surface area contributed by atoms with E-state index in [1.807, 2.05) is 30.9 Å². The number of rotatable bonds is 5. The molecule has 0 atom stereocenters. The van der Waals surface area contributed by atoms with Gasteiger partial charge in [-0.1, -0.05) is 24.3 Å². The number of aromatic nitrogens is 4. The first kappa shape index (κ1) is 22.4. The zero-order chi connectivity index (χ0) is 24.6. The van der Waals surface area contributed by atoms with Crippen LogP contribution >= 0.6 is 0 Å². The Morgan fingerprint density at radius 3 is 2.44 bits per heavy atom. The molecule has 6 rings (SSSR count). The number of fused-ring (bicyclic) bond motifs is 1. The topological polar surface area (TPSA) is 80.5 Å². The monoisotopic (exact) mass is 479 g/mol. The minimum atomic E-state index is 0.678. The molecule has 1 N–H and O–H groups in total. The quantitative estimate of drug-likeness (QED) is 0.428. The maximum Gasteiger partial charge on any atom is 0.228 e. The summed E-state index contributed by atoms with van der Waals surface area (Å²) >= 11 is 0. The van der Waals surface area contributed by atoms with Gasteiger partial charge in [-0.2, -0.15) is 10.1 Å². The molecule has 0 spiro atoms. The molecule has 0 radical (unpaired) electrons. The fourth-order valence-corrected chi connectivity index (χ4v) is 4.80. The number of nitrogens with one attached hydrogen (secondary N) is 1. The molecule has 182 valence electrons. The van der Waals surface area contributed by atoms with Crippen molar-refractivity contribution in [3.05, 3.63) is 66.0 Å². The van der Waals surface area contributed by atoms with E-state index in [2.05, 4.69) is 69.7 Å². The highest BCUT2D eigenvalue weighted by Crippen LogP contribution is 2.30. The van der Waals surface area contributed by atoms with Crippen LogP contribution in [0.4, 0.5) is 17.5 Å². The number of ether oxygens (including phenoxy) is 1. The molecule has 4 heterocycles. The highest BCUT2D eigenvalue weighted by molar-refractivity contribution is 5.96. The van der Waals surface area contributed by atoms with Crippen molar-refractivity contribution in [2.45, 2.75) is 20.3 Å². The molecule has 2 aliphatic heterocycles. The highest BCUT2D eigenvalue weighted by atomic mass is 16.5. The number of allylic oxidation sites excluding steroid dienone is 1. The molecule has 36 heavy (non-hydrogen) atoms. The Balaban J connectivity index is 1.34. The van der Waals surface area contributed by atoms with E-state index in [1.165, 1.54) is 11.1 Å². The smallest absolute Gasteiger partial charge is 0.228 e. The normalized spacial score (nSPS) is 15.8.